The number of hydrogen-bond donors (Lipinski definition) is 14. The van der Waals surface area contributed by atoms with Crippen LogP contribution in [-0.2, 0) is 55.8 Å². The van der Waals surface area contributed by atoms with Crippen LogP contribution in [0.3, 0.4) is 0 Å². The molecule has 25 nitrogen and oxygen atoms in total. The molecule has 17 N–H and O–H groups in total. The molecule has 0 unspecified atom stereocenters. The Kier molecular flexibility index (Phi) is 22.8. The Bertz CT molecular complexity index is 950. The molecule has 26 heteroatoms. The maximum Gasteiger partial charge on any atom is 3.00 e. The van der Waals surface area contributed by atoms with Crippen LogP contribution in [-0.4, -0.2) is 231 Å². The standard InChI is InChI=1S/C24H42O22.Fe.2H2O.O/c25-1-5(29)18(11(32)14(35)21(39)40)44-23-16(37)12(33)20(7(3-27)42-23)46-24-17(38)13(34)19(8(4-28)43-24)45-22-15(36)10(31)9(30)6(2-26)41-22;;;;/h5-20,22-38H,1-4H2,(H,39,40);;2*1H2;/q;+3;;;-2/p-2/t5-,6-,7-,8-,9-,10+,11+,12-,13-,14+,15-,16-,17-,18+,19-,20-,22-,23-,24-;;;;/m1..../s1. The van der Waals surface area contributed by atoms with E-state index in [-0.39, 0.29) is 33.5 Å². The molecule has 0 spiro atoms. The number of carboxylic acid groups (broad SMARTS) is 1. The van der Waals surface area contributed by atoms with Gasteiger partial charge in [-0.1, -0.05) is 0 Å². The number of aliphatic hydroxyl groups excluding tert-OH is 14. The maximum absolute atomic E-state index is 11.0. The molecule has 50 heavy (non-hydrogen) atoms. The van der Waals surface area contributed by atoms with Gasteiger partial charge in [0.05, 0.1) is 32.4 Å². The summed E-state index contributed by atoms with van der Waals surface area (Å²) >= 11 is 0. The predicted molar refractivity (Wildman–Crippen MR) is 140 cm³/mol. The second-order valence-corrected chi connectivity index (χ2v) is 10.9. The van der Waals surface area contributed by atoms with Crippen molar-refractivity contribution < 1.29 is 143 Å². The van der Waals surface area contributed by atoms with Gasteiger partial charge < -0.3 is 126 Å². The fourth-order valence-electron chi connectivity index (χ4n) is 5.13. The van der Waals surface area contributed by atoms with Crippen LogP contribution in [0.1, 0.15) is 0 Å². The van der Waals surface area contributed by atoms with E-state index in [9.17, 15) is 81.4 Å². The van der Waals surface area contributed by atoms with Crippen molar-refractivity contribution in [3.8, 4) is 0 Å². The fourth-order valence-corrected chi connectivity index (χ4v) is 5.13. The summed E-state index contributed by atoms with van der Waals surface area (Å²) in [6.07, 6.45) is -37.3. The van der Waals surface area contributed by atoms with Gasteiger partial charge in [0.2, 0.25) is 0 Å². The molecule has 3 heterocycles. The summed E-state index contributed by atoms with van der Waals surface area (Å²) in [6, 6.07) is 0. The van der Waals surface area contributed by atoms with Crippen molar-refractivity contribution in [2.24, 2.45) is 0 Å². The van der Waals surface area contributed by atoms with Crippen LogP contribution in [0.5, 0.6) is 0 Å². The Morgan fingerprint density at radius 2 is 1.02 bits per heavy atom. The van der Waals surface area contributed by atoms with E-state index in [4.69, 9.17) is 28.4 Å². The summed E-state index contributed by atoms with van der Waals surface area (Å²) in [5.41, 5.74) is 0. The van der Waals surface area contributed by atoms with Gasteiger partial charge in [-0.15, -0.1) is 0 Å². The van der Waals surface area contributed by atoms with Gasteiger partial charge >= 0.3 is 17.1 Å². The summed E-state index contributed by atoms with van der Waals surface area (Å²) in [6.45, 7) is -3.90. The number of carboxylic acids is 1. The van der Waals surface area contributed by atoms with Gasteiger partial charge in [-0.2, -0.15) is 0 Å². The molecule has 0 amide bonds. The molecule has 299 valence electrons. The summed E-state index contributed by atoms with van der Waals surface area (Å²) in [4.78, 5) is 11.0. The Balaban J connectivity index is 0. The Morgan fingerprint density at radius 3 is 1.42 bits per heavy atom. The largest absolute Gasteiger partial charge is 3.00 e. The van der Waals surface area contributed by atoms with Crippen LogP contribution < -0.4 is 5.11 Å². The van der Waals surface area contributed by atoms with Crippen molar-refractivity contribution in [2.75, 3.05) is 26.4 Å². The van der Waals surface area contributed by atoms with E-state index in [1.807, 2.05) is 0 Å². The molecule has 0 aromatic heterocycles. The molecule has 0 aliphatic carbocycles. The summed E-state index contributed by atoms with van der Waals surface area (Å²) in [5.74, 6) is -2.19. The van der Waals surface area contributed by atoms with E-state index < -0.39 is 149 Å². The van der Waals surface area contributed by atoms with Crippen molar-refractivity contribution in [3.63, 3.8) is 0 Å². The van der Waals surface area contributed by atoms with E-state index in [1.54, 1.807) is 0 Å². The van der Waals surface area contributed by atoms with Crippen LogP contribution in [0.2, 0.25) is 0 Å². The van der Waals surface area contributed by atoms with E-state index in [2.05, 4.69) is 0 Å². The first-order valence-corrected chi connectivity index (χ1v) is 14.0. The van der Waals surface area contributed by atoms with E-state index in [0.29, 0.717) is 0 Å². The van der Waals surface area contributed by atoms with Gasteiger partial charge in [-0.05, 0) is 0 Å². The molecule has 1 radical (unpaired) electrons. The van der Waals surface area contributed by atoms with E-state index in [0.717, 1.165) is 0 Å². The molecule has 3 fully saturated rings. The smallest absolute Gasteiger partial charge is 2.00 e. The molecule has 3 aliphatic heterocycles. The number of aliphatic hydroxyl groups is 14. The molecule has 0 aromatic rings. The third kappa shape index (κ3) is 11.1. The van der Waals surface area contributed by atoms with Crippen LogP contribution >= 0.6 is 0 Å². The summed E-state index contributed by atoms with van der Waals surface area (Å²) < 4.78 is 32.1. The first-order valence-electron chi connectivity index (χ1n) is 14.0. The third-order valence-corrected chi connectivity index (χ3v) is 7.83. The van der Waals surface area contributed by atoms with E-state index in [1.165, 1.54) is 0 Å². The van der Waals surface area contributed by atoms with Gasteiger partial charge in [0.25, 0.3) is 0 Å². The minimum absolute atomic E-state index is 0. The molecular weight excluding hydrogens is 744 g/mol. The topological polar surface area (TPSA) is 469 Å². The van der Waals surface area contributed by atoms with Gasteiger partial charge in [-0.3, -0.25) is 0 Å². The molecule has 3 rings (SSSR count). The first-order chi connectivity index (χ1) is 21.6. The second kappa shape index (κ2) is 22.3. The zero-order chi connectivity index (χ0) is 34.6. The van der Waals surface area contributed by atoms with Crippen molar-refractivity contribution in [2.45, 2.75) is 117 Å². The Morgan fingerprint density at radius 1 is 0.640 bits per heavy atom. The number of aliphatic carboxylic acids is 1. The van der Waals surface area contributed by atoms with Crippen molar-refractivity contribution in [1.82, 2.24) is 0 Å². The predicted octanol–water partition coefficient (Wildman–Crippen LogP) is -12.5. The third-order valence-electron chi connectivity index (χ3n) is 7.83. The molecule has 0 bridgehead atoms. The SMILES string of the molecule is O.O=C([O-])[C@@H](O)[C@H](O)[C@@H](O[C@H]1O[C@H](CO)[C@@H](O[C@H]2O[C@H](CO)[C@@H](O[C@H]3O[C@H](CO)[C@@H](O)[C@H](O)[C@H]3O)[C@H](O)[C@H]2O)[C@H](O)[C@H]1O)[C@H](O)CO.[Fe+3].[O-2].[OH-]. The maximum atomic E-state index is 11.0. The van der Waals surface area contributed by atoms with Crippen LogP contribution in [0.25, 0.3) is 0 Å². The van der Waals surface area contributed by atoms with Gasteiger partial charge in [-0.25, -0.2) is 0 Å². The molecule has 3 saturated heterocycles. The van der Waals surface area contributed by atoms with Gasteiger partial charge in [0, 0.05) is 0 Å². The van der Waals surface area contributed by atoms with Crippen molar-refractivity contribution >= 4 is 5.97 Å². The minimum atomic E-state index is -2.65. The zero-order valence-corrected chi connectivity index (χ0v) is 26.6. The molecular formula is C24H44FeO25-. The van der Waals surface area contributed by atoms with Crippen molar-refractivity contribution in [3.05, 3.63) is 0 Å². The summed E-state index contributed by atoms with van der Waals surface area (Å²) in [5, 5.41) is 152. The molecule has 0 aromatic carbocycles. The summed E-state index contributed by atoms with van der Waals surface area (Å²) in [7, 11) is 0. The van der Waals surface area contributed by atoms with Gasteiger partial charge in [0.15, 0.2) is 18.9 Å². The zero-order valence-electron chi connectivity index (χ0n) is 25.5. The van der Waals surface area contributed by atoms with Crippen LogP contribution in [0, 0.1) is 0 Å². The number of carbonyl (C=O) groups excluding carboxylic acids is 1. The fraction of sp³-hybridized carbons (Fsp3) is 0.958. The minimum Gasteiger partial charge on any atom is -2.00 e. The monoisotopic (exact) mass is 788 g/mol. The second-order valence-electron chi connectivity index (χ2n) is 10.9. The van der Waals surface area contributed by atoms with Crippen LogP contribution in [0.15, 0.2) is 0 Å². The van der Waals surface area contributed by atoms with Crippen LogP contribution in [0.4, 0.5) is 0 Å². The number of hydrogen-bond acceptors (Lipinski definition) is 23. The number of rotatable bonds is 14. The van der Waals surface area contributed by atoms with Crippen molar-refractivity contribution in [1.29, 1.82) is 0 Å². The average Bonchev–Trinajstić information content (AvgIpc) is 3.04. The normalized spacial score (nSPS) is 41.1. The molecule has 19 atom stereocenters. The number of carbonyl (C=O) groups is 1. The quantitative estimate of drug-likeness (QED) is 0.0727. The molecule has 3 aliphatic rings. The Hall–Kier alpha value is -0.931. The Labute approximate surface area is 292 Å². The average molecular weight is 788 g/mol. The van der Waals surface area contributed by atoms with E-state index >= 15 is 0 Å². The van der Waals surface area contributed by atoms with Gasteiger partial charge in [0.1, 0.15) is 97.7 Å². The molecule has 0 saturated carbocycles. The number of ether oxygens (including phenoxy) is 6. The first kappa shape index (κ1) is 51.2.